The molecule has 1 heterocycles. The Bertz CT molecular complexity index is 853. The lowest BCUT2D eigenvalue weighted by atomic mass is 9.89. The first kappa shape index (κ1) is 23.5. The highest BCUT2D eigenvalue weighted by Crippen LogP contribution is 2.33. The van der Waals surface area contributed by atoms with Crippen molar-refractivity contribution in [2.24, 2.45) is 0 Å². The van der Waals surface area contributed by atoms with Gasteiger partial charge >= 0.3 is 11.6 Å². The standard InChI is InChI=1S/C24H32O6/c1-4-5-6-7-8-9-14-29-19-12-10-18(11-13-19)20(16-22(26)28-3)23-21(25)15-17(2)30-24(23)27/h10-13,15,20,25H,4-9,14,16H2,1-3H3/t20-/m1/s1. The molecule has 2 aromatic rings. The molecule has 0 saturated heterocycles. The van der Waals surface area contributed by atoms with Crippen LogP contribution in [0.3, 0.4) is 0 Å². The van der Waals surface area contributed by atoms with Crippen molar-refractivity contribution in [2.45, 2.75) is 64.7 Å². The van der Waals surface area contributed by atoms with Crippen LogP contribution in [-0.4, -0.2) is 24.8 Å². The van der Waals surface area contributed by atoms with Crippen LogP contribution in [0, 0.1) is 6.92 Å². The fourth-order valence-corrected chi connectivity index (χ4v) is 3.43. The number of benzene rings is 1. The normalized spacial score (nSPS) is 11.8. The molecule has 0 radical (unpaired) electrons. The molecule has 0 aliphatic rings. The van der Waals surface area contributed by atoms with Crippen LogP contribution in [0.25, 0.3) is 0 Å². The van der Waals surface area contributed by atoms with Gasteiger partial charge in [0.2, 0.25) is 0 Å². The molecule has 1 N–H and O–H groups in total. The summed E-state index contributed by atoms with van der Waals surface area (Å²) in [6, 6.07) is 8.58. The predicted molar refractivity (Wildman–Crippen MR) is 115 cm³/mol. The lowest BCUT2D eigenvalue weighted by molar-refractivity contribution is -0.140. The minimum Gasteiger partial charge on any atom is -0.507 e. The third-order valence-corrected chi connectivity index (χ3v) is 5.09. The summed E-state index contributed by atoms with van der Waals surface area (Å²) in [5, 5.41) is 10.3. The first-order chi connectivity index (χ1) is 14.5. The number of carbonyl (C=O) groups is 1. The molecule has 0 spiro atoms. The molecular weight excluding hydrogens is 384 g/mol. The van der Waals surface area contributed by atoms with Gasteiger partial charge in [0.1, 0.15) is 17.3 Å². The summed E-state index contributed by atoms with van der Waals surface area (Å²) >= 11 is 0. The van der Waals surface area contributed by atoms with Crippen molar-refractivity contribution >= 4 is 5.97 Å². The van der Waals surface area contributed by atoms with E-state index in [9.17, 15) is 14.7 Å². The van der Waals surface area contributed by atoms with Gasteiger partial charge in [-0.2, -0.15) is 0 Å². The average molecular weight is 417 g/mol. The van der Waals surface area contributed by atoms with Crippen LogP contribution < -0.4 is 10.4 Å². The fraction of sp³-hybridized carbons (Fsp3) is 0.500. The molecule has 1 aromatic carbocycles. The van der Waals surface area contributed by atoms with Crippen molar-refractivity contribution in [2.75, 3.05) is 13.7 Å². The van der Waals surface area contributed by atoms with Crippen molar-refractivity contribution < 1.29 is 23.8 Å². The second-order valence-electron chi connectivity index (χ2n) is 7.46. The van der Waals surface area contributed by atoms with Gasteiger partial charge in [0.15, 0.2) is 0 Å². The molecule has 164 valence electrons. The molecule has 0 bridgehead atoms. The van der Waals surface area contributed by atoms with Crippen LogP contribution in [0.1, 0.15) is 74.7 Å². The second kappa shape index (κ2) is 12.1. The zero-order chi connectivity index (χ0) is 21.9. The minimum absolute atomic E-state index is 0.0479. The Morgan fingerprint density at radius 3 is 2.40 bits per heavy atom. The Morgan fingerprint density at radius 2 is 1.77 bits per heavy atom. The molecular formula is C24H32O6. The smallest absolute Gasteiger partial charge is 0.343 e. The van der Waals surface area contributed by atoms with Crippen LogP contribution in [0.15, 0.2) is 39.5 Å². The van der Waals surface area contributed by atoms with Crippen molar-refractivity contribution in [3.05, 3.63) is 57.6 Å². The number of unbranched alkanes of at least 4 members (excludes halogenated alkanes) is 5. The molecule has 2 rings (SSSR count). The number of esters is 1. The van der Waals surface area contributed by atoms with Gasteiger partial charge in [0, 0.05) is 12.0 Å². The van der Waals surface area contributed by atoms with E-state index in [1.165, 1.54) is 38.9 Å². The molecule has 0 unspecified atom stereocenters. The maximum Gasteiger partial charge on any atom is 0.343 e. The van der Waals surface area contributed by atoms with E-state index in [-0.39, 0.29) is 17.7 Å². The van der Waals surface area contributed by atoms with Crippen molar-refractivity contribution in [3.8, 4) is 11.5 Å². The molecule has 0 fully saturated rings. The number of hydrogen-bond acceptors (Lipinski definition) is 6. The second-order valence-corrected chi connectivity index (χ2v) is 7.46. The van der Waals surface area contributed by atoms with Gasteiger partial charge in [-0.05, 0) is 31.0 Å². The summed E-state index contributed by atoms with van der Waals surface area (Å²) in [5.41, 5.74) is 0.0790. The van der Waals surface area contributed by atoms with E-state index in [4.69, 9.17) is 13.9 Å². The fourth-order valence-electron chi connectivity index (χ4n) is 3.43. The van der Waals surface area contributed by atoms with E-state index in [1.807, 2.05) is 12.1 Å². The van der Waals surface area contributed by atoms with Gasteiger partial charge in [-0.3, -0.25) is 4.79 Å². The number of carbonyl (C=O) groups excluding carboxylic acids is 1. The molecule has 0 aliphatic heterocycles. The van der Waals surface area contributed by atoms with Gasteiger partial charge in [-0.1, -0.05) is 51.2 Å². The molecule has 1 atom stereocenters. The summed E-state index contributed by atoms with van der Waals surface area (Å²) in [6.07, 6.45) is 7.10. The van der Waals surface area contributed by atoms with Crippen LogP contribution in [0.5, 0.6) is 11.5 Å². The van der Waals surface area contributed by atoms with Gasteiger partial charge in [-0.15, -0.1) is 0 Å². The monoisotopic (exact) mass is 416 g/mol. The average Bonchev–Trinajstić information content (AvgIpc) is 2.72. The number of aryl methyl sites for hydroxylation is 1. The molecule has 6 nitrogen and oxygen atoms in total. The summed E-state index contributed by atoms with van der Waals surface area (Å²) in [7, 11) is 1.29. The highest BCUT2D eigenvalue weighted by molar-refractivity contribution is 5.71. The Kier molecular flexibility index (Phi) is 9.45. The molecule has 0 saturated carbocycles. The number of hydrogen-bond donors (Lipinski definition) is 1. The minimum atomic E-state index is -0.679. The third-order valence-electron chi connectivity index (χ3n) is 5.09. The third kappa shape index (κ3) is 6.94. The Balaban J connectivity index is 2.09. The van der Waals surface area contributed by atoms with Gasteiger partial charge in [0.05, 0.1) is 25.7 Å². The van der Waals surface area contributed by atoms with Gasteiger partial charge in [0.25, 0.3) is 0 Å². The summed E-state index contributed by atoms with van der Waals surface area (Å²) in [5.74, 6) is -0.327. The zero-order valence-corrected chi connectivity index (χ0v) is 18.1. The molecule has 1 aromatic heterocycles. The van der Waals surface area contributed by atoms with Crippen LogP contribution >= 0.6 is 0 Å². The largest absolute Gasteiger partial charge is 0.507 e. The lowest BCUT2D eigenvalue weighted by Crippen LogP contribution is -2.18. The number of ether oxygens (including phenoxy) is 2. The van der Waals surface area contributed by atoms with E-state index >= 15 is 0 Å². The molecule has 0 aliphatic carbocycles. The van der Waals surface area contributed by atoms with E-state index in [0.717, 1.165) is 18.6 Å². The van der Waals surface area contributed by atoms with E-state index < -0.39 is 17.5 Å². The SMILES string of the molecule is CCCCCCCCOc1ccc([C@@H](CC(=O)OC)c2c(O)cc(C)oc2=O)cc1. The van der Waals surface area contributed by atoms with Gasteiger partial charge in [-0.25, -0.2) is 4.79 Å². The van der Waals surface area contributed by atoms with Crippen LogP contribution in [0.4, 0.5) is 0 Å². The molecule has 6 heteroatoms. The first-order valence-corrected chi connectivity index (χ1v) is 10.6. The molecule has 30 heavy (non-hydrogen) atoms. The Morgan fingerprint density at radius 1 is 1.10 bits per heavy atom. The molecule has 0 amide bonds. The summed E-state index contributed by atoms with van der Waals surface area (Å²) < 4.78 is 15.7. The number of rotatable bonds is 12. The van der Waals surface area contributed by atoms with Crippen molar-refractivity contribution in [1.29, 1.82) is 0 Å². The Labute approximate surface area is 177 Å². The van der Waals surface area contributed by atoms with E-state index in [1.54, 1.807) is 19.1 Å². The highest BCUT2D eigenvalue weighted by Gasteiger charge is 2.26. The maximum absolute atomic E-state index is 12.4. The quantitative estimate of drug-likeness (QED) is 0.383. The predicted octanol–water partition coefficient (Wildman–Crippen LogP) is 5.09. The summed E-state index contributed by atoms with van der Waals surface area (Å²) in [6.45, 7) is 4.44. The van der Waals surface area contributed by atoms with Crippen LogP contribution in [0.2, 0.25) is 0 Å². The number of aromatic hydroxyl groups is 1. The van der Waals surface area contributed by atoms with Gasteiger partial charge < -0.3 is 19.0 Å². The zero-order valence-electron chi connectivity index (χ0n) is 18.1. The Hall–Kier alpha value is -2.76. The lowest BCUT2D eigenvalue weighted by Gasteiger charge is -2.17. The first-order valence-electron chi connectivity index (χ1n) is 10.6. The van der Waals surface area contributed by atoms with Crippen molar-refractivity contribution in [1.82, 2.24) is 0 Å². The van der Waals surface area contributed by atoms with E-state index in [2.05, 4.69) is 6.92 Å². The highest BCUT2D eigenvalue weighted by atomic mass is 16.5. The maximum atomic E-state index is 12.4. The summed E-state index contributed by atoms with van der Waals surface area (Å²) in [4.78, 5) is 24.3. The van der Waals surface area contributed by atoms with E-state index in [0.29, 0.717) is 17.9 Å². The topological polar surface area (TPSA) is 86.0 Å². The van der Waals surface area contributed by atoms with Crippen LogP contribution in [-0.2, 0) is 9.53 Å². The van der Waals surface area contributed by atoms with Crippen molar-refractivity contribution in [3.63, 3.8) is 0 Å². The number of methoxy groups -OCH3 is 1.